The number of anilines is 1. The summed E-state index contributed by atoms with van der Waals surface area (Å²) in [5.74, 6) is 1.02. The van der Waals surface area contributed by atoms with E-state index in [0.29, 0.717) is 17.4 Å². The average molecular weight is 298 g/mol. The summed E-state index contributed by atoms with van der Waals surface area (Å²) in [7, 11) is -3.28. The monoisotopic (exact) mass is 298 g/mol. The molecule has 20 heavy (non-hydrogen) atoms. The molecule has 1 aromatic carbocycles. The maximum absolute atomic E-state index is 12.0. The number of nitrogens with two attached hydrogens (primary N) is 1. The molecule has 1 fully saturated rings. The summed E-state index contributed by atoms with van der Waals surface area (Å²) in [6, 6.07) is 6.99. The van der Waals surface area contributed by atoms with Gasteiger partial charge < -0.3 is 10.5 Å². The number of benzene rings is 1. The van der Waals surface area contributed by atoms with E-state index in [1.807, 2.05) is 0 Å². The third kappa shape index (κ3) is 4.38. The molecule has 0 radical (unpaired) electrons. The Morgan fingerprint density at radius 3 is 2.60 bits per heavy atom. The van der Waals surface area contributed by atoms with Crippen molar-refractivity contribution in [3.05, 3.63) is 24.3 Å². The van der Waals surface area contributed by atoms with Crippen LogP contribution in [-0.2, 0) is 10.0 Å². The molecular weight excluding hydrogens is 276 g/mol. The minimum atomic E-state index is -3.28. The highest BCUT2D eigenvalue weighted by molar-refractivity contribution is 7.89. The number of nitrogen functional groups attached to an aromatic ring is 1. The van der Waals surface area contributed by atoms with E-state index in [4.69, 9.17) is 10.5 Å². The molecule has 0 saturated heterocycles. The van der Waals surface area contributed by atoms with E-state index in [9.17, 15) is 8.42 Å². The van der Waals surface area contributed by atoms with E-state index in [2.05, 4.69) is 11.6 Å². The lowest BCUT2D eigenvalue weighted by molar-refractivity contribution is 0.339. The van der Waals surface area contributed by atoms with Gasteiger partial charge in [-0.1, -0.05) is 13.3 Å². The number of hydrogen-bond acceptors (Lipinski definition) is 4. The molecule has 5 nitrogen and oxygen atoms in total. The molecule has 0 amide bonds. The highest BCUT2D eigenvalue weighted by Gasteiger charge is 2.27. The van der Waals surface area contributed by atoms with Crippen molar-refractivity contribution in [1.82, 2.24) is 4.72 Å². The fourth-order valence-electron chi connectivity index (χ4n) is 2.44. The molecule has 0 spiro atoms. The zero-order valence-corrected chi connectivity index (χ0v) is 12.5. The van der Waals surface area contributed by atoms with Crippen molar-refractivity contribution in [2.45, 2.75) is 32.2 Å². The van der Waals surface area contributed by atoms with Gasteiger partial charge >= 0.3 is 0 Å². The molecule has 0 aromatic heterocycles. The van der Waals surface area contributed by atoms with Crippen molar-refractivity contribution in [2.24, 2.45) is 5.92 Å². The summed E-state index contributed by atoms with van der Waals surface area (Å²) in [6.45, 7) is 2.23. The zero-order chi connectivity index (χ0) is 14.6. The van der Waals surface area contributed by atoms with Gasteiger partial charge in [0.2, 0.25) is 10.0 Å². The van der Waals surface area contributed by atoms with Gasteiger partial charge in [-0.05, 0) is 43.0 Å². The highest BCUT2D eigenvalue weighted by Crippen LogP contribution is 2.25. The van der Waals surface area contributed by atoms with E-state index >= 15 is 0 Å². The molecule has 6 heteroatoms. The Labute approximate surface area is 120 Å². The van der Waals surface area contributed by atoms with Gasteiger partial charge in [0.05, 0.1) is 5.75 Å². The second-order valence-corrected chi connectivity index (χ2v) is 7.24. The Kier molecular flexibility index (Phi) is 4.88. The Morgan fingerprint density at radius 2 is 2.00 bits per heavy atom. The molecule has 2 rings (SSSR count). The summed E-state index contributed by atoms with van der Waals surface area (Å²) < 4.78 is 32.1. The minimum Gasteiger partial charge on any atom is -0.492 e. The summed E-state index contributed by atoms with van der Waals surface area (Å²) in [4.78, 5) is 0. The maximum Gasteiger partial charge on any atom is 0.215 e. The minimum absolute atomic E-state index is 0.0272. The maximum atomic E-state index is 12.0. The van der Waals surface area contributed by atoms with Crippen LogP contribution in [0, 0.1) is 5.92 Å². The topological polar surface area (TPSA) is 81.4 Å². The van der Waals surface area contributed by atoms with Gasteiger partial charge in [0.1, 0.15) is 12.4 Å². The van der Waals surface area contributed by atoms with E-state index in [1.54, 1.807) is 24.3 Å². The quantitative estimate of drug-likeness (QED) is 0.784. The molecule has 0 bridgehead atoms. The molecule has 2 atom stereocenters. The van der Waals surface area contributed by atoms with E-state index in [-0.39, 0.29) is 18.4 Å². The van der Waals surface area contributed by atoms with Gasteiger partial charge in [-0.25, -0.2) is 13.1 Å². The van der Waals surface area contributed by atoms with Crippen molar-refractivity contribution in [2.75, 3.05) is 18.1 Å². The third-order valence-corrected chi connectivity index (χ3v) is 5.06. The van der Waals surface area contributed by atoms with Gasteiger partial charge in [-0.2, -0.15) is 0 Å². The van der Waals surface area contributed by atoms with Gasteiger partial charge in [0, 0.05) is 11.7 Å². The van der Waals surface area contributed by atoms with Crippen molar-refractivity contribution < 1.29 is 13.2 Å². The van der Waals surface area contributed by atoms with Crippen LogP contribution in [0.25, 0.3) is 0 Å². The molecule has 3 N–H and O–H groups in total. The van der Waals surface area contributed by atoms with Gasteiger partial charge in [0.25, 0.3) is 0 Å². The summed E-state index contributed by atoms with van der Waals surface area (Å²) in [5.41, 5.74) is 6.22. The molecule has 1 aliphatic carbocycles. The standard InChI is InChI=1S/C14H22N2O3S/c1-11-3-2-4-14(11)16-20(17,18)10-9-19-13-7-5-12(15)6-8-13/h5-8,11,14,16H,2-4,9-10,15H2,1H3. The molecule has 0 aliphatic heterocycles. The second kappa shape index (κ2) is 6.45. The summed E-state index contributed by atoms with van der Waals surface area (Å²) >= 11 is 0. The van der Waals surface area contributed by atoms with Crippen molar-refractivity contribution in [3.8, 4) is 5.75 Å². The lowest BCUT2D eigenvalue weighted by Gasteiger charge is -2.17. The summed E-state index contributed by atoms with van der Waals surface area (Å²) in [6.07, 6.45) is 3.12. The fraction of sp³-hybridized carbons (Fsp3) is 0.571. The number of sulfonamides is 1. The lowest BCUT2D eigenvalue weighted by atomic mass is 10.1. The first kappa shape index (κ1) is 15.1. The normalized spacial score (nSPS) is 22.9. The Morgan fingerprint density at radius 1 is 1.30 bits per heavy atom. The summed E-state index contributed by atoms with van der Waals surface area (Å²) in [5, 5.41) is 0. The van der Waals surface area contributed by atoms with Crippen LogP contribution in [-0.4, -0.2) is 26.8 Å². The van der Waals surface area contributed by atoms with Crippen LogP contribution in [0.5, 0.6) is 5.75 Å². The molecule has 1 aliphatic rings. The van der Waals surface area contributed by atoms with Crippen LogP contribution < -0.4 is 15.2 Å². The van der Waals surface area contributed by atoms with Crippen LogP contribution in [0.4, 0.5) is 5.69 Å². The third-order valence-electron chi connectivity index (χ3n) is 3.69. The van der Waals surface area contributed by atoms with E-state index in [0.717, 1.165) is 19.3 Å². The zero-order valence-electron chi connectivity index (χ0n) is 11.7. The number of ether oxygens (including phenoxy) is 1. The number of hydrogen-bond donors (Lipinski definition) is 2. The molecule has 2 unspecified atom stereocenters. The molecular formula is C14H22N2O3S. The van der Waals surface area contributed by atoms with Crippen LogP contribution >= 0.6 is 0 Å². The molecule has 1 saturated carbocycles. The molecule has 0 heterocycles. The first-order chi connectivity index (χ1) is 9.46. The van der Waals surface area contributed by atoms with Crippen LogP contribution in [0.2, 0.25) is 0 Å². The lowest BCUT2D eigenvalue weighted by Crippen LogP contribution is -2.39. The van der Waals surface area contributed by atoms with Gasteiger partial charge in [-0.15, -0.1) is 0 Å². The Hall–Kier alpha value is -1.27. The molecule has 1 aromatic rings. The fourth-order valence-corrected chi connectivity index (χ4v) is 3.68. The molecule has 112 valence electrons. The second-order valence-electron chi connectivity index (χ2n) is 5.37. The number of nitrogens with one attached hydrogen (secondary N) is 1. The number of rotatable bonds is 6. The van der Waals surface area contributed by atoms with E-state index < -0.39 is 10.0 Å². The first-order valence-corrected chi connectivity index (χ1v) is 8.60. The average Bonchev–Trinajstić information content (AvgIpc) is 2.77. The van der Waals surface area contributed by atoms with Crippen LogP contribution in [0.15, 0.2) is 24.3 Å². The van der Waals surface area contributed by atoms with Crippen LogP contribution in [0.1, 0.15) is 26.2 Å². The van der Waals surface area contributed by atoms with Crippen molar-refractivity contribution in [3.63, 3.8) is 0 Å². The van der Waals surface area contributed by atoms with Crippen LogP contribution in [0.3, 0.4) is 0 Å². The first-order valence-electron chi connectivity index (χ1n) is 6.94. The predicted octanol–water partition coefficient (Wildman–Crippen LogP) is 1.76. The van der Waals surface area contributed by atoms with Gasteiger partial charge in [-0.3, -0.25) is 0 Å². The van der Waals surface area contributed by atoms with E-state index in [1.165, 1.54) is 0 Å². The SMILES string of the molecule is CC1CCCC1NS(=O)(=O)CCOc1ccc(N)cc1. The van der Waals surface area contributed by atoms with Gasteiger partial charge in [0.15, 0.2) is 0 Å². The Bertz CT molecular complexity index is 528. The predicted molar refractivity (Wildman–Crippen MR) is 80.1 cm³/mol. The Balaban J connectivity index is 1.79. The highest BCUT2D eigenvalue weighted by atomic mass is 32.2. The smallest absolute Gasteiger partial charge is 0.215 e. The van der Waals surface area contributed by atoms with Crippen molar-refractivity contribution >= 4 is 15.7 Å². The largest absolute Gasteiger partial charge is 0.492 e. The van der Waals surface area contributed by atoms with Crippen molar-refractivity contribution in [1.29, 1.82) is 0 Å².